The van der Waals surface area contributed by atoms with E-state index < -0.39 is 18.1 Å². The van der Waals surface area contributed by atoms with Gasteiger partial charge in [-0.25, -0.2) is 9.59 Å². The van der Waals surface area contributed by atoms with Crippen molar-refractivity contribution in [3.05, 3.63) is 95.1 Å². The summed E-state index contributed by atoms with van der Waals surface area (Å²) in [6.45, 7) is 2.55. The van der Waals surface area contributed by atoms with Gasteiger partial charge in [-0.3, -0.25) is 4.90 Å². The van der Waals surface area contributed by atoms with Crippen molar-refractivity contribution >= 4 is 12.1 Å². The Hall–Kier alpha value is -3.60. The van der Waals surface area contributed by atoms with Crippen molar-refractivity contribution in [1.82, 2.24) is 4.90 Å². The molecule has 2 unspecified atom stereocenters. The second-order valence-corrected chi connectivity index (χ2v) is 8.59. The summed E-state index contributed by atoms with van der Waals surface area (Å²) < 4.78 is 5.73. The van der Waals surface area contributed by atoms with E-state index in [1.54, 1.807) is 0 Å². The van der Waals surface area contributed by atoms with Gasteiger partial charge in [-0.2, -0.15) is 0 Å². The first-order valence-electron chi connectivity index (χ1n) is 11.0. The quantitative estimate of drug-likeness (QED) is 0.623. The van der Waals surface area contributed by atoms with Gasteiger partial charge in [-0.05, 0) is 41.2 Å². The fraction of sp³-hybridized carbons (Fsp3) is 0.259. The second-order valence-electron chi connectivity index (χ2n) is 8.59. The van der Waals surface area contributed by atoms with Crippen molar-refractivity contribution in [3.8, 4) is 11.1 Å². The summed E-state index contributed by atoms with van der Waals surface area (Å²) in [5, 5.41) is 9.91. The number of aryl methyl sites for hydroxylation is 1. The number of aliphatic carboxylic acids is 1. The van der Waals surface area contributed by atoms with Gasteiger partial charge in [0.2, 0.25) is 0 Å². The lowest BCUT2D eigenvalue weighted by Crippen LogP contribution is -2.43. The minimum atomic E-state index is -0.999. The van der Waals surface area contributed by atoms with Gasteiger partial charge in [0.05, 0.1) is 0 Å². The molecule has 0 saturated carbocycles. The van der Waals surface area contributed by atoms with E-state index >= 15 is 0 Å². The molecule has 5 heteroatoms. The molecule has 162 valence electrons. The van der Waals surface area contributed by atoms with Crippen molar-refractivity contribution in [2.75, 3.05) is 13.2 Å². The van der Waals surface area contributed by atoms with Crippen molar-refractivity contribution in [2.45, 2.75) is 31.2 Å². The number of nitrogens with zero attached hydrogens (tertiary/aromatic N) is 1. The van der Waals surface area contributed by atoms with Crippen LogP contribution in [0, 0.1) is 6.92 Å². The van der Waals surface area contributed by atoms with Crippen molar-refractivity contribution in [2.24, 2.45) is 0 Å². The Balaban J connectivity index is 1.34. The highest BCUT2D eigenvalue weighted by Gasteiger charge is 2.43. The van der Waals surface area contributed by atoms with Crippen LogP contribution in [-0.2, 0) is 9.53 Å². The Morgan fingerprint density at radius 2 is 1.53 bits per heavy atom. The molecule has 3 aromatic rings. The molecule has 2 atom stereocenters. The number of ether oxygens (including phenoxy) is 1. The molecule has 0 radical (unpaired) electrons. The highest BCUT2D eigenvalue weighted by Crippen LogP contribution is 2.44. The zero-order chi connectivity index (χ0) is 22.2. The van der Waals surface area contributed by atoms with E-state index in [1.807, 2.05) is 55.5 Å². The summed E-state index contributed by atoms with van der Waals surface area (Å²) in [6.07, 6.45) is 0.0402. The van der Waals surface area contributed by atoms with Crippen LogP contribution in [0.1, 0.15) is 40.5 Å². The molecule has 1 aliphatic heterocycles. The van der Waals surface area contributed by atoms with Gasteiger partial charge in [0.25, 0.3) is 0 Å². The monoisotopic (exact) mass is 427 g/mol. The summed E-state index contributed by atoms with van der Waals surface area (Å²) in [6, 6.07) is 23.3. The molecule has 1 heterocycles. The number of carbonyl (C=O) groups excluding carboxylic acids is 1. The summed E-state index contributed by atoms with van der Waals surface area (Å²) in [4.78, 5) is 26.5. The van der Waals surface area contributed by atoms with Gasteiger partial charge in [0.1, 0.15) is 12.6 Å². The lowest BCUT2D eigenvalue weighted by Gasteiger charge is -2.25. The maximum Gasteiger partial charge on any atom is 0.410 e. The van der Waals surface area contributed by atoms with Gasteiger partial charge >= 0.3 is 12.1 Å². The first-order chi connectivity index (χ1) is 15.5. The number of fused-ring (bicyclic) bond motifs is 3. The van der Waals surface area contributed by atoms with Crippen LogP contribution >= 0.6 is 0 Å². The number of benzene rings is 3. The molecule has 3 aromatic carbocycles. The van der Waals surface area contributed by atoms with Crippen LogP contribution in [0.25, 0.3) is 11.1 Å². The largest absolute Gasteiger partial charge is 0.480 e. The van der Waals surface area contributed by atoms with E-state index in [1.165, 1.54) is 4.90 Å². The maximum atomic E-state index is 13.0. The van der Waals surface area contributed by atoms with Gasteiger partial charge in [0.15, 0.2) is 0 Å². The molecule has 1 saturated heterocycles. The van der Waals surface area contributed by atoms with Crippen LogP contribution in [0.3, 0.4) is 0 Å². The van der Waals surface area contributed by atoms with E-state index in [-0.39, 0.29) is 18.4 Å². The van der Waals surface area contributed by atoms with Crippen LogP contribution in [0.5, 0.6) is 0 Å². The Kier molecular flexibility index (Phi) is 5.17. The molecule has 1 aliphatic carbocycles. The van der Waals surface area contributed by atoms with Crippen molar-refractivity contribution in [1.29, 1.82) is 0 Å². The summed E-state index contributed by atoms with van der Waals surface area (Å²) in [7, 11) is 0. The number of hydrogen-bond donors (Lipinski definition) is 1. The van der Waals surface area contributed by atoms with Gasteiger partial charge in [0, 0.05) is 18.4 Å². The highest BCUT2D eigenvalue weighted by atomic mass is 16.6. The number of hydrogen-bond acceptors (Lipinski definition) is 3. The number of carbonyl (C=O) groups is 2. The number of rotatable bonds is 4. The molecule has 5 rings (SSSR count). The molecular weight excluding hydrogens is 402 g/mol. The lowest BCUT2D eigenvalue weighted by molar-refractivity contribution is -0.142. The fourth-order valence-electron chi connectivity index (χ4n) is 5.14. The van der Waals surface area contributed by atoms with E-state index in [0.717, 1.165) is 33.4 Å². The standard InChI is InChI=1S/C27H25NO4/c1-17-10-12-18(13-11-17)19-14-15-28(25(19)26(29)30)27(31)32-16-24-22-8-4-2-6-20(22)21-7-3-5-9-23(21)24/h2-13,19,24-25H,14-16H2,1H3,(H,29,30). The third-order valence-corrected chi connectivity index (χ3v) is 6.73. The Morgan fingerprint density at radius 1 is 0.938 bits per heavy atom. The Bertz CT molecular complexity index is 1120. The third kappa shape index (κ3) is 3.44. The van der Waals surface area contributed by atoms with Crippen LogP contribution < -0.4 is 0 Å². The van der Waals surface area contributed by atoms with E-state index in [0.29, 0.717) is 13.0 Å². The molecule has 0 spiro atoms. The molecule has 32 heavy (non-hydrogen) atoms. The smallest absolute Gasteiger partial charge is 0.410 e. The highest BCUT2D eigenvalue weighted by molar-refractivity contribution is 5.82. The average molecular weight is 428 g/mol. The van der Waals surface area contributed by atoms with Gasteiger partial charge in [-0.1, -0.05) is 78.4 Å². The van der Waals surface area contributed by atoms with Crippen molar-refractivity contribution in [3.63, 3.8) is 0 Å². The molecular formula is C27H25NO4. The zero-order valence-electron chi connectivity index (χ0n) is 17.9. The van der Waals surface area contributed by atoms with Gasteiger partial charge in [-0.15, -0.1) is 0 Å². The average Bonchev–Trinajstić information content (AvgIpc) is 3.38. The van der Waals surface area contributed by atoms with Crippen LogP contribution in [0.15, 0.2) is 72.8 Å². The Morgan fingerprint density at radius 3 is 2.12 bits per heavy atom. The Labute approximate surface area is 187 Å². The van der Waals surface area contributed by atoms with E-state index in [2.05, 4.69) is 24.3 Å². The molecule has 1 N–H and O–H groups in total. The molecule has 2 aliphatic rings. The predicted octanol–water partition coefficient (Wildman–Crippen LogP) is 5.19. The minimum absolute atomic E-state index is 0.0508. The van der Waals surface area contributed by atoms with Gasteiger partial charge < -0.3 is 9.84 Å². The molecule has 0 aromatic heterocycles. The number of likely N-dealkylation sites (tertiary alicyclic amines) is 1. The SMILES string of the molecule is Cc1ccc(C2CCN(C(=O)OCC3c4ccccc4-c4ccccc43)C2C(=O)O)cc1. The molecule has 1 amide bonds. The predicted molar refractivity (Wildman–Crippen MR) is 122 cm³/mol. The molecule has 5 nitrogen and oxygen atoms in total. The number of amides is 1. The zero-order valence-corrected chi connectivity index (χ0v) is 17.9. The summed E-state index contributed by atoms with van der Waals surface area (Å²) >= 11 is 0. The van der Waals surface area contributed by atoms with E-state index in [4.69, 9.17) is 4.74 Å². The third-order valence-electron chi connectivity index (χ3n) is 6.73. The second kappa shape index (κ2) is 8.15. The lowest BCUT2D eigenvalue weighted by atomic mass is 9.91. The van der Waals surface area contributed by atoms with Crippen LogP contribution in [0.4, 0.5) is 4.79 Å². The topological polar surface area (TPSA) is 66.8 Å². The summed E-state index contributed by atoms with van der Waals surface area (Å²) in [5.74, 6) is -1.29. The number of carboxylic acid groups (broad SMARTS) is 1. The molecule has 1 fully saturated rings. The van der Waals surface area contributed by atoms with Crippen LogP contribution in [0.2, 0.25) is 0 Å². The first-order valence-corrected chi connectivity index (χ1v) is 11.0. The minimum Gasteiger partial charge on any atom is -0.480 e. The maximum absolute atomic E-state index is 13.0. The first kappa shape index (κ1) is 20.3. The molecule has 0 bridgehead atoms. The fourth-order valence-corrected chi connectivity index (χ4v) is 5.14. The van der Waals surface area contributed by atoms with E-state index in [9.17, 15) is 14.7 Å². The normalized spacial score (nSPS) is 19.5. The summed E-state index contributed by atoms with van der Waals surface area (Å²) in [5.41, 5.74) is 6.65. The number of carboxylic acids is 1. The van der Waals surface area contributed by atoms with Crippen LogP contribution in [-0.4, -0.2) is 41.3 Å². The van der Waals surface area contributed by atoms with Crippen molar-refractivity contribution < 1.29 is 19.4 Å².